The number of nitrogens with zero attached hydrogens (tertiary/aromatic N) is 1. The highest BCUT2D eigenvalue weighted by molar-refractivity contribution is 7.89. The summed E-state index contributed by atoms with van der Waals surface area (Å²) in [6.45, 7) is 3.42. The lowest BCUT2D eigenvalue weighted by Gasteiger charge is -2.32. The van der Waals surface area contributed by atoms with Crippen molar-refractivity contribution < 1.29 is 17.9 Å². The molecular weight excluding hydrogens is 376 g/mol. The number of rotatable bonds is 6. The molecule has 1 fully saturated rings. The molecule has 3 rings (SSSR count). The van der Waals surface area contributed by atoms with E-state index in [1.54, 1.807) is 7.05 Å². The molecule has 0 radical (unpaired) electrons. The Hall–Kier alpha value is -2.38. The van der Waals surface area contributed by atoms with Gasteiger partial charge in [-0.1, -0.05) is 18.2 Å². The highest BCUT2D eigenvalue weighted by atomic mass is 32.2. The number of nitrogens with one attached hydrogen (secondary N) is 1. The van der Waals surface area contributed by atoms with Crippen LogP contribution >= 0.6 is 0 Å². The number of aryl methyl sites for hydroxylation is 1. The summed E-state index contributed by atoms with van der Waals surface area (Å²) in [6.07, 6.45) is 1.74. The number of hydrogen-bond donors (Lipinski definition) is 1. The molecule has 0 bridgehead atoms. The highest BCUT2D eigenvalue weighted by Crippen LogP contribution is 2.25. The molecule has 1 saturated heterocycles. The second-order valence-electron chi connectivity index (χ2n) is 7.05. The zero-order valence-electron chi connectivity index (χ0n) is 16.2. The number of ether oxygens (including phenoxy) is 1. The summed E-state index contributed by atoms with van der Waals surface area (Å²) >= 11 is 0. The van der Waals surface area contributed by atoms with Gasteiger partial charge in [0.2, 0.25) is 10.0 Å². The molecule has 2 aromatic carbocycles. The first kappa shape index (κ1) is 20.4. The standard InChI is InChI=1S/C21H26N2O4S/c1-16-6-3-4-8-20(16)27-15-17-7-5-13-23(14-17)28(25,26)19-11-9-18(10-12-19)21(24)22-2/h3-4,6,8-12,17H,5,7,13-15H2,1-2H3,(H,22,24). The van der Waals surface area contributed by atoms with E-state index in [9.17, 15) is 13.2 Å². The minimum absolute atomic E-state index is 0.147. The number of para-hydroxylation sites is 1. The second kappa shape index (κ2) is 8.75. The van der Waals surface area contributed by atoms with Crippen molar-refractivity contribution in [3.05, 3.63) is 59.7 Å². The Bertz CT molecular complexity index is 926. The molecule has 1 N–H and O–H groups in total. The number of carbonyl (C=O) groups excluding carboxylic acids is 1. The van der Waals surface area contributed by atoms with E-state index in [-0.39, 0.29) is 16.7 Å². The molecule has 2 aromatic rings. The van der Waals surface area contributed by atoms with Crippen molar-refractivity contribution in [2.45, 2.75) is 24.7 Å². The predicted octanol–water partition coefficient (Wildman–Crippen LogP) is 2.83. The molecule has 150 valence electrons. The van der Waals surface area contributed by atoms with Crippen molar-refractivity contribution in [2.75, 3.05) is 26.7 Å². The van der Waals surface area contributed by atoms with E-state index in [0.29, 0.717) is 25.3 Å². The van der Waals surface area contributed by atoms with E-state index in [0.717, 1.165) is 24.2 Å². The van der Waals surface area contributed by atoms with Gasteiger partial charge >= 0.3 is 0 Å². The zero-order valence-corrected chi connectivity index (χ0v) is 17.0. The summed E-state index contributed by atoms with van der Waals surface area (Å²) in [5.41, 5.74) is 1.50. The summed E-state index contributed by atoms with van der Waals surface area (Å²) in [4.78, 5) is 11.9. The van der Waals surface area contributed by atoms with Gasteiger partial charge in [0, 0.05) is 31.6 Å². The van der Waals surface area contributed by atoms with E-state index in [1.165, 1.54) is 28.6 Å². The van der Waals surface area contributed by atoms with Gasteiger partial charge < -0.3 is 10.1 Å². The van der Waals surface area contributed by atoms with Crippen molar-refractivity contribution >= 4 is 15.9 Å². The SMILES string of the molecule is CNC(=O)c1ccc(S(=O)(=O)N2CCCC(COc3ccccc3C)C2)cc1. The smallest absolute Gasteiger partial charge is 0.251 e. The quantitative estimate of drug-likeness (QED) is 0.806. The Morgan fingerprint density at radius 3 is 2.57 bits per heavy atom. The molecule has 1 amide bonds. The van der Waals surface area contributed by atoms with Crippen LogP contribution in [0, 0.1) is 12.8 Å². The van der Waals surface area contributed by atoms with Gasteiger partial charge in [0.15, 0.2) is 0 Å². The summed E-state index contributed by atoms with van der Waals surface area (Å²) in [5, 5.41) is 2.53. The summed E-state index contributed by atoms with van der Waals surface area (Å²) < 4.78 is 33.4. The minimum Gasteiger partial charge on any atom is -0.493 e. The number of sulfonamides is 1. The maximum absolute atomic E-state index is 13.0. The van der Waals surface area contributed by atoms with Crippen molar-refractivity contribution in [2.24, 2.45) is 5.92 Å². The first-order valence-corrected chi connectivity index (χ1v) is 10.9. The van der Waals surface area contributed by atoms with E-state index in [2.05, 4.69) is 5.32 Å². The summed E-state index contributed by atoms with van der Waals surface area (Å²) in [6, 6.07) is 13.9. The number of carbonyl (C=O) groups is 1. The van der Waals surface area contributed by atoms with Gasteiger partial charge in [-0.15, -0.1) is 0 Å². The predicted molar refractivity (Wildman–Crippen MR) is 108 cm³/mol. The first-order valence-electron chi connectivity index (χ1n) is 9.42. The molecule has 1 heterocycles. The maximum atomic E-state index is 13.0. The molecule has 1 aliphatic heterocycles. The average molecular weight is 403 g/mol. The Labute approximate surface area is 166 Å². The van der Waals surface area contributed by atoms with Crippen LogP contribution in [0.5, 0.6) is 5.75 Å². The van der Waals surface area contributed by atoms with Crippen molar-refractivity contribution in [1.29, 1.82) is 0 Å². The second-order valence-corrected chi connectivity index (χ2v) is 8.99. The third-order valence-electron chi connectivity index (χ3n) is 5.03. The third kappa shape index (κ3) is 4.54. The summed E-state index contributed by atoms with van der Waals surface area (Å²) in [7, 11) is -2.05. The van der Waals surface area contributed by atoms with Gasteiger partial charge in [-0.3, -0.25) is 4.79 Å². The van der Waals surface area contributed by atoms with Gasteiger partial charge in [0.05, 0.1) is 11.5 Å². The fourth-order valence-electron chi connectivity index (χ4n) is 3.38. The number of hydrogen-bond acceptors (Lipinski definition) is 4. The first-order chi connectivity index (χ1) is 13.4. The van der Waals surface area contributed by atoms with Crippen LogP contribution in [-0.2, 0) is 10.0 Å². The van der Waals surface area contributed by atoms with Crippen LogP contribution in [0.3, 0.4) is 0 Å². The molecule has 6 nitrogen and oxygen atoms in total. The highest BCUT2D eigenvalue weighted by Gasteiger charge is 2.30. The lowest BCUT2D eigenvalue weighted by atomic mass is 10.0. The van der Waals surface area contributed by atoms with Crippen molar-refractivity contribution in [3.8, 4) is 5.75 Å². The van der Waals surface area contributed by atoms with Gasteiger partial charge in [0.25, 0.3) is 5.91 Å². The Morgan fingerprint density at radius 2 is 1.89 bits per heavy atom. The Balaban J connectivity index is 1.67. The van der Waals surface area contributed by atoms with Crippen molar-refractivity contribution in [3.63, 3.8) is 0 Å². The number of benzene rings is 2. The van der Waals surface area contributed by atoms with Crippen LogP contribution in [0.4, 0.5) is 0 Å². The van der Waals surface area contributed by atoms with E-state index in [4.69, 9.17) is 4.74 Å². The van der Waals surface area contributed by atoms with Crippen LogP contribution in [0.1, 0.15) is 28.8 Å². The van der Waals surface area contributed by atoms with Gasteiger partial charge in [0.1, 0.15) is 5.75 Å². The van der Waals surface area contributed by atoms with Crippen LogP contribution < -0.4 is 10.1 Å². The average Bonchev–Trinajstić information content (AvgIpc) is 2.73. The monoisotopic (exact) mass is 402 g/mol. The van der Waals surface area contributed by atoms with Gasteiger partial charge in [-0.05, 0) is 55.7 Å². The molecule has 0 saturated carbocycles. The van der Waals surface area contributed by atoms with E-state index < -0.39 is 10.0 Å². The molecule has 1 aliphatic rings. The number of piperidine rings is 1. The molecule has 0 spiro atoms. The molecule has 1 unspecified atom stereocenters. The molecular formula is C21H26N2O4S. The number of amides is 1. The van der Waals surface area contributed by atoms with Crippen LogP contribution in [-0.4, -0.2) is 45.4 Å². The molecule has 0 aromatic heterocycles. The fraction of sp³-hybridized carbons (Fsp3) is 0.381. The molecule has 0 aliphatic carbocycles. The van der Waals surface area contributed by atoms with Crippen molar-refractivity contribution in [1.82, 2.24) is 9.62 Å². The largest absolute Gasteiger partial charge is 0.493 e. The van der Waals surface area contributed by atoms with Gasteiger partial charge in [-0.25, -0.2) is 8.42 Å². The fourth-order valence-corrected chi connectivity index (χ4v) is 4.93. The van der Waals surface area contributed by atoms with E-state index >= 15 is 0 Å². The topological polar surface area (TPSA) is 75.7 Å². The normalized spacial score (nSPS) is 17.9. The third-order valence-corrected chi connectivity index (χ3v) is 6.91. The zero-order chi connectivity index (χ0) is 20.1. The van der Waals surface area contributed by atoms with Crippen LogP contribution in [0.2, 0.25) is 0 Å². The van der Waals surface area contributed by atoms with Crippen LogP contribution in [0.15, 0.2) is 53.4 Å². The Morgan fingerprint density at radius 1 is 1.18 bits per heavy atom. The lowest BCUT2D eigenvalue weighted by Crippen LogP contribution is -2.41. The van der Waals surface area contributed by atoms with E-state index in [1.807, 2.05) is 31.2 Å². The van der Waals surface area contributed by atoms with Gasteiger partial charge in [-0.2, -0.15) is 4.31 Å². The minimum atomic E-state index is -3.59. The molecule has 1 atom stereocenters. The maximum Gasteiger partial charge on any atom is 0.251 e. The molecule has 7 heteroatoms. The molecule has 28 heavy (non-hydrogen) atoms. The Kier molecular flexibility index (Phi) is 6.36. The summed E-state index contributed by atoms with van der Waals surface area (Å²) in [5.74, 6) is 0.746. The lowest BCUT2D eigenvalue weighted by molar-refractivity contribution is 0.0963. The van der Waals surface area contributed by atoms with Crippen LogP contribution in [0.25, 0.3) is 0 Å².